The van der Waals surface area contributed by atoms with Gasteiger partial charge < -0.3 is 29.8 Å². The van der Waals surface area contributed by atoms with Crippen LogP contribution in [0.15, 0.2) is 18.2 Å². The molecule has 0 amide bonds. The highest BCUT2D eigenvalue weighted by atomic mass is 16.7. The van der Waals surface area contributed by atoms with E-state index in [0.29, 0.717) is 5.56 Å². The fraction of sp³-hybridized carbons (Fsp3) is 0.667. The molecule has 0 radical (unpaired) electrons. The van der Waals surface area contributed by atoms with E-state index >= 15 is 0 Å². The normalized spacial score (nSPS) is 14.5. The molecule has 0 spiro atoms. The highest BCUT2D eigenvalue weighted by Crippen LogP contribution is 2.37. The fourth-order valence-corrected chi connectivity index (χ4v) is 3.74. The summed E-state index contributed by atoms with van der Waals surface area (Å²) < 4.78 is 21.5. The van der Waals surface area contributed by atoms with Gasteiger partial charge in [0.05, 0.1) is 26.1 Å². The summed E-state index contributed by atoms with van der Waals surface area (Å²) in [6.07, 6.45) is -0.663. The number of esters is 2. The summed E-state index contributed by atoms with van der Waals surface area (Å²) in [4.78, 5) is 49.3. The zero-order valence-electron chi connectivity index (χ0n) is 25.6. The molecule has 10 heteroatoms. The predicted molar refractivity (Wildman–Crippen MR) is 150 cm³/mol. The number of carboxylic acid groups (broad SMARTS) is 1. The Morgan fingerprint density at radius 3 is 1.75 bits per heavy atom. The standard InChI is InChI=1S/C30H47NO9/c1-18(16-37-27(36)38-17-30(8,9)10)24(25(31)26(34)35)19-11-12-20(39-22(32)14-28(2,3)4)21(13-19)40-23(33)15-29(5,6)7/h11-13,18,24-25H,14-17,31H2,1-10H3,(H,34,35)/t18?,24?,25-/m0/s1. The number of hydrogen-bond acceptors (Lipinski definition) is 9. The number of hydrogen-bond donors (Lipinski definition) is 2. The molecule has 0 aromatic heterocycles. The molecule has 0 aliphatic heterocycles. The summed E-state index contributed by atoms with van der Waals surface area (Å²) in [7, 11) is 0. The SMILES string of the molecule is CC(COC(=O)OCC(C)(C)C)C(c1ccc(OC(=O)CC(C)(C)C)c(OC(=O)CC(C)(C)C)c1)[C@H](N)C(=O)O. The van der Waals surface area contributed by atoms with Crippen molar-refractivity contribution in [3.8, 4) is 11.5 Å². The van der Waals surface area contributed by atoms with Crippen LogP contribution in [-0.2, 0) is 23.9 Å². The van der Waals surface area contributed by atoms with Crippen molar-refractivity contribution < 1.29 is 43.2 Å². The Hall–Kier alpha value is -3.14. The largest absolute Gasteiger partial charge is 0.508 e. The maximum Gasteiger partial charge on any atom is 0.508 e. The van der Waals surface area contributed by atoms with Crippen LogP contribution in [0, 0.1) is 22.2 Å². The second-order valence-electron chi connectivity index (χ2n) is 13.9. The molecular formula is C30H47NO9. The van der Waals surface area contributed by atoms with Crippen molar-refractivity contribution in [1.29, 1.82) is 0 Å². The molecule has 0 saturated carbocycles. The Morgan fingerprint density at radius 1 is 0.800 bits per heavy atom. The van der Waals surface area contributed by atoms with Crippen LogP contribution in [-0.4, -0.2) is 48.4 Å². The molecule has 1 aromatic rings. The summed E-state index contributed by atoms with van der Waals surface area (Å²) in [6.45, 7) is 18.7. The monoisotopic (exact) mass is 565 g/mol. The van der Waals surface area contributed by atoms with Crippen molar-refractivity contribution >= 4 is 24.1 Å². The van der Waals surface area contributed by atoms with Gasteiger partial charge in [-0.25, -0.2) is 4.79 Å². The molecule has 1 rings (SSSR count). The van der Waals surface area contributed by atoms with E-state index in [1.165, 1.54) is 12.1 Å². The van der Waals surface area contributed by atoms with Gasteiger partial charge in [-0.3, -0.25) is 14.4 Å². The summed E-state index contributed by atoms with van der Waals surface area (Å²) in [5.41, 5.74) is 5.54. The van der Waals surface area contributed by atoms with E-state index in [-0.39, 0.29) is 53.8 Å². The molecule has 40 heavy (non-hydrogen) atoms. The molecule has 1 aromatic carbocycles. The Balaban J connectivity index is 3.35. The van der Waals surface area contributed by atoms with Gasteiger partial charge in [0.2, 0.25) is 0 Å². The Morgan fingerprint density at radius 2 is 1.30 bits per heavy atom. The predicted octanol–water partition coefficient (Wildman–Crippen LogP) is 5.70. The molecule has 0 heterocycles. The van der Waals surface area contributed by atoms with Crippen LogP contribution in [0.25, 0.3) is 0 Å². The highest BCUT2D eigenvalue weighted by Gasteiger charge is 2.33. The molecule has 0 aliphatic rings. The zero-order chi connectivity index (χ0) is 31.1. The van der Waals surface area contributed by atoms with E-state index in [1.807, 2.05) is 62.3 Å². The van der Waals surface area contributed by atoms with Crippen molar-refractivity contribution in [2.75, 3.05) is 13.2 Å². The van der Waals surface area contributed by atoms with Gasteiger partial charge in [-0.15, -0.1) is 0 Å². The Bertz CT molecular complexity index is 1040. The first-order chi connectivity index (χ1) is 18.1. The van der Waals surface area contributed by atoms with Gasteiger partial charge in [-0.05, 0) is 39.9 Å². The van der Waals surface area contributed by atoms with Crippen LogP contribution >= 0.6 is 0 Å². The number of carbonyl (C=O) groups excluding carboxylic acids is 3. The van der Waals surface area contributed by atoms with Crippen molar-refractivity contribution in [1.82, 2.24) is 0 Å². The second-order valence-corrected chi connectivity index (χ2v) is 13.9. The van der Waals surface area contributed by atoms with Crippen molar-refractivity contribution in [3.63, 3.8) is 0 Å². The molecule has 0 bridgehead atoms. The Labute approximate surface area is 237 Å². The van der Waals surface area contributed by atoms with Gasteiger partial charge in [0, 0.05) is 5.92 Å². The van der Waals surface area contributed by atoms with Crippen LogP contribution < -0.4 is 15.2 Å². The maximum atomic E-state index is 12.7. The van der Waals surface area contributed by atoms with Crippen LogP contribution in [0.3, 0.4) is 0 Å². The highest BCUT2D eigenvalue weighted by molar-refractivity contribution is 5.78. The fourth-order valence-electron chi connectivity index (χ4n) is 3.74. The topological polar surface area (TPSA) is 151 Å². The summed E-state index contributed by atoms with van der Waals surface area (Å²) >= 11 is 0. The molecule has 0 fully saturated rings. The van der Waals surface area contributed by atoms with E-state index < -0.39 is 41.9 Å². The first-order valence-corrected chi connectivity index (χ1v) is 13.4. The lowest BCUT2D eigenvalue weighted by Crippen LogP contribution is -2.40. The number of nitrogens with two attached hydrogens (primary N) is 1. The Kier molecular flexibility index (Phi) is 12.2. The lowest BCUT2D eigenvalue weighted by atomic mass is 9.82. The zero-order valence-corrected chi connectivity index (χ0v) is 25.6. The molecule has 0 saturated heterocycles. The lowest BCUT2D eigenvalue weighted by Gasteiger charge is -2.28. The third kappa shape index (κ3) is 13.3. The van der Waals surface area contributed by atoms with E-state index in [0.717, 1.165) is 0 Å². The van der Waals surface area contributed by atoms with Gasteiger partial charge in [0.25, 0.3) is 0 Å². The van der Waals surface area contributed by atoms with Crippen LogP contribution in [0.4, 0.5) is 4.79 Å². The molecule has 2 unspecified atom stereocenters. The first kappa shape index (κ1) is 34.9. The number of rotatable bonds is 11. The summed E-state index contributed by atoms with van der Waals surface area (Å²) in [6, 6.07) is 3.07. The van der Waals surface area contributed by atoms with Crippen molar-refractivity contribution in [2.24, 2.45) is 27.9 Å². The summed E-state index contributed by atoms with van der Waals surface area (Å²) in [5.74, 6) is -3.75. The summed E-state index contributed by atoms with van der Waals surface area (Å²) in [5, 5.41) is 9.73. The van der Waals surface area contributed by atoms with Crippen LogP contribution in [0.1, 0.15) is 93.6 Å². The van der Waals surface area contributed by atoms with E-state index in [2.05, 4.69) is 0 Å². The number of benzene rings is 1. The minimum Gasteiger partial charge on any atom is -0.480 e. The van der Waals surface area contributed by atoms with E-state index in [4.69, 9.17) is 24.7 Å². The quantitative estimate of drug-likeness (QED) is 0.252. The maximum absolute atomic E-state index is 12.7. The second kappa shape index (κ2) is 14.0. The molecule has 10 nitrogen and oxygen atoms in total. The van der Waals surface area contributed by atoms with Gasteiger partial charge in [0.1, 0.15) is 6.04 Å². The van der Waals surface area contributed by atoms with Crippen molar-refractivity contribution in [3.05, 3.63) is 23.8 Å². The van der Waals surface area contributed by atoms with E-state index in [9.17, 15) is 24.3 Å². The molecule has 0 aliphatic carbocycles. The molecular weight excluding hydrogens is 518 g/mol. The third-order valence-electron chi connectivity index (χ3n) is 5.52. The average molecular weight is 566 g/mol. The minimum absolute atomic E-state index is 0.0255. The van der Waals surface area contributed by atoms with Crippen molar-refractivity contribution in [2.45, 2.75) is 94.0 Å². The lowest BCUT2D eigenvalue weighted by molar-refractivity contribution is -0.139. The number of carbonyl (C=O) groups is 4. The third-order valence-corrected chi connectivity index (χ3v) is 5.52. The number of aliphatic carboxylic acids is 1. The molecule has 226 valence electrons. The molecule has 3 N–H and O–H groups in total. The minimum atomic E-state index is -1.38. The van der Waals surface area contributed by atoms with Gasteiger partial charge >= 0.3 is 24.1 Å². The van der Waals surface area contributed by atoms with Gasteiger partial charge in [0.15, 0.2) is 11.5 Å². The average Bonchev–Trinajstić information content (AvgIpc) is 2.74. The van der Waals surface area contributed by atoms with Crippen LogP contribution in [0.2, 0.25) is 0 Å². The van der Waals surface area contributed by atoms with Gasteiger partial charge in [-0.1, -0.05) is 75.3 Å². The first-order valence-electron chi connectivity index (χ1n) is 13.4. The van der Waals surface area contributed by atoms with Gasteiger partial charge in [-0.2, -0.15) is 0 Å². The smallest absolute Gasteiger partial charge is 0.480 e. The molecule has 3 atom stereocenters. The van der Waals surface area contributed by atoms with E-state index in [1.54, 1.807) is 13.0 Å². The number of ether oxygens (including phenoxy) is 4. The van der Waals surface area contributed by atoms with Crippen LogP contribution in [0.5, 0.6) is 11.5 Å². The number of carboxylic acids is 1.